The van der Waals surface area contributed by atoms with Crippen LogP contribution in [0.4, 0.5) is 0 Å². The molecule has 0 aliphatic heterocycles. The third-order valence-electron chi connectivity index (χ3n) is 4.31. The van der Waals surface area contributed by atoms with Crippen LogP contribution in [0.1, 0.15) is 35.5 Å². The topological polar surface area (TPSA) is 39.9 Å². The van der Waals surface area contributed by atoms with E-state index >= 15 is 0 Å². The van der Waals surface area contributed by atoms with E-state index in [0.29, 0.717) is 6.54 Å². The Hall–Kier alpha value is -2.24. The highest BCUT2D eigenvalue weighted by atomic mass is 35.5. The van der Waals surface area contributed by atoms with Crippen molar-refractivity contribution in [1.29, 1.82) is 0 Å². The quantitative estimate of drug-likeness (QED) is 0.327. The molecule has 0 aliphatic rings. The Labute approximate surface area is 175 Å². The highest BCUT2D eigenvalue weighted by Gasteiger charge is 2.19. The largest absolute Gasteiger partial charge is 0.482 e. The molecule has 1 atom stereocenters. The second-order valence-corrected chi connectivity index (χ2v) is 8.07. The molecule has 1 aromatic heterocycles. The summed E-state index contributed by atoms with van der Waals surface area (Å²) in [6.45, 7) is 10.6. The molecule has 1 heterocycles. The van der Waals surface area contributed by atoms with E-state index in [4.69, 9.17) is 16.3 Å². The van der Waals surface area contributed by atoms with Gasteiger partial charge in [0.15, 0.2) is 17.1 Å². The molecule has 3 rings (SSSR count). The molecule has 146 valence electrons. The van der Waals surface area contributed by atoms with Crippen LogP contribution in [0.5, 0.6) is 5.75 Å². The van der Waals surface area contributed by atoms with E-state index in [1.165, 1.54) is 5.56 Å². The first-order valence-electron chi connectivity index (χ1n) is 9.13. The van der Waals surface area contributed by atoms with Crippen molar-refractivity contribution in [2.45, 2.75) is 44.3 Å². The fourth-order valence-electron chi connectivity index (χ4n) is 2.96. The molecule has 0 spiro atoms. The van der Waals surface area contributed by atoms with Crippen LogP contribution in [-0.2, 0) is 12.3 Å². The smallest absolute Gasteiger partial charge is 0.191 e. The third-order valence-corrected chi connectivity index (χ3v) is 5.58. The van der Waals surface area contributed by atoms with E-state index in [2.05, 4.69) is 53.4 Å². The van der Waals surface area contributed by atoms with Gasteiger partial charge in [0, 0.05) is 17.3 Å². The second-order valence-electron chi connectivity index (χ2n) is 6.69. The SMILES string of the molecule is C=CCn1c(SCc2cccc(Cl)c2)nnc1C(C)Oc1ccc(C)cc1C. The van der Waals surface area contributed by atoms with E-state index in [1.54, 1.807) is 11.8 Å². The van der Waals surface area contributed by atoms with Crippen molar-refractivity contribution >= 4 is 23.4 Å². The van der Waals surface area contributed by atoms with Crippen LogP contribution >= 0.6 is 23.4 Å². The van der Waals surface area contributed by atoms with E-state index in [9.17, 15) is 0 Å². The Balaban J connectivity index is 1.78. The lowest BCUT2D eigenvalue weighted by atomic mass is 10.1. The normalized spacial score (nSPS) is 12.0. The molecule has 0 radical (unpaired) electrons. The molecule has 0 bridgehead atoms. The third kappa shape index (κ3) is 4.97. The lowest BCUT2D eigenvalue weighted by Gasteiger charge is -2.17. The van der Waals surface area contributed by atoms with E-state index in [0.717, 1.165) is 38.6 Å². The lowest BCUT2D eigenvalue weighted by molar-refractivity contribution is 0.209. The van der Waals surface area contributed by atoms with Crippen molar-refractivity contribution in [3.63, 3.8) is 0 Å². The van der Waals surface area contributed by atoms with Gasteiger partial charge in [0.25, 0.3) is 0 Å². The first-order chi connectivity index (χ1) is 13.5. The van der Waals surface area contributed by atoms with Crippen molar-refractivity contribution in [2.24, 2.45) is 0 Å². The summed E-state index contributed by atoms with van der Waals surface area (Å²) >= 11 is 7.71. The number of aromatic nitrogens is 3. The fraction of sp³-hybridized carbons (Fsp3) is 0.273. The second kappa shape index (κ2) is 9.30. The summed E-state index contributed by atoms with van der Waals surface area (Å²) in [7, 11) is 0. The monoisotopic (exact) mass is 413 g/mol. The highest BCUT2D eigenvalue weighted by Crippen LogP contribution is 2.28. The summed E-state index contributed by atoms with van der Waals surface area (Å²) in [5, 5.41) is 10.4. The van der Waals surface area contributed by atoms with Gasteiger partial charge in [-0.05, 0) is 50.1 Å². The zero-order chi connectivity index (χ0) is 20.1. The molecule has 3 aromatic rings. The van der Waals surface area contributed by atoms with Crippen molar-refractivity contribution in [3.8, 4) is 5.75 Å². The number of rotatable bonds is 8. The van der Waals surface area contributed by atoms with Crippen LogP contribution in [0.2, 0.25) is 5.02 Å². The fourth-order valence-corrected chi connectivity index (χ4v) is 4.07. The predicted octanol–water partition coefficient (Wildman–Crippen LogP) is 6.17. The maximum atomic E-state index is 6.18. The summed E-state index contributed by atoms with van der Waals surface area (Å²) in [6.07, 6.45) is 1.62. The summed E-state index contributed by atoms with van der Waals surface area (Å²) in [4.78, 5) is 0. The van der Waals surface area contributed by atoms with Gasteiger partial charge < -0.3 is 4.74 Å². The molecular weight excluding hydrogens is 390 g/mol. The Kier molecular flexibility index (Phi) is 6.81. The van der Waals surface area contributed by atoms with Gasteiger partial charge in [-0.15, -0.1) is 16.8 Å². The number of aryl methyl sites for hydroxylation is 2. The summed E-state index contributed by atoms with van der Waals surface area (Å²) < 4.78 is 8.23. The minimum atomic E-state index is -0.227. The van der Waals surface area contributed by atoms with Gasteiger partial charge in [-0.3, -0.25) is 4.57 Å². The van der Waals surface area contributed by atoms with Gasteiger partial charge in [0.05, 0.1) is 0 Å². The van der Waals surface area contributed by atoms with Crippen molar-refractivity contribution in [3.05, 3.63) is 82.7 Å². The molecule has 0 amide bonds. The Morgan fingerprint density at radius 2 is 2.04 bits per heavy atom. The number of halogens is 1. The molecule has 2 aromatic carbocycles. The Bertz CT molecular complexity index is 970. The summed E-state index contributed by atoms with van der Waals surface area (Å²) in [5.41, 5.74) is 3.47. The molecule has 0 saturated carbocycles. The van der Waals surface area contributed by atoms with Crippen LogP contribution in [0, 0.1) is 13.8 Å². The maximum absolute atomic E-state index is 6.18. The van der Waals surface area contributed by atoms with Crippen LogP contribution in [0.15, 0.2) is 60.3 Å². The average molecular weight is 414 g/mol. The maximum Gasteiger partial charge on any atom is 0.191 e. The first kappa shape index (κ1) is 20.5. The molecule has 6 heteroatoms. The molecule has 4 nitrogen and oxygen atoms in total. The number of nitrogens with zero attached hydrogens (tertiary/aromatic N) is 3. The van der Waals surface area contributed by atoms with E-state index < -0.39 is 0 Å². The van der Waals surface area contributed by atoms with Crippen molar-refractivity contribution in [1.82, 2.24) is 14.8 Å². The Morgan fingerprint density at radius 1 is 1.21 bits per heavy atom. The molecule has 1 unspecified atom stereocenters. The minimum absolute atomic E-state index is 0.227. The van der Waals surface area contributed by atoms with Gasteiger partial charge in [-0.2, -0.15) is 0 Å². The molecule has 0 saturated heterocycles. The number of allylic oxidation sites excluding steroid dienone is 1. The number of benzene rings is 2. The van der Waals surface area contributed by atoms with Gasteiger partial charge in [-0.25, -0.2) is 0 Å². The number of thioether (sulfide) groups is 1. The van der Waals surface area contributed by atoms with Gasteiger partial charge >= 0.3 is 0 Å². The van der Waals surface area contributed by atoms with E-state index in [-0.39, 0.29) is 6.10 Å². The summed E-state index contributed by atoms with van der Waals surface area (Å²) in [6, 6.07) is 14.0. The number of hydrogen-bond donors (Lipinski definition) is 0. The number of hydrogen-bond acceptors (Lipinski definition) is 4. The van der Waals surface area contributed by atoms with Crippen LogP contribution < -0.4 is 4.74 Å². The average Bonchev–Trinajstić information content (AvgIpc) is 3.05. The molecule has 28 heavy (non-hydrogen) atoms. The molecule has 0 N–H and O–H groups in total. The minimum Gasteiger partial charge on any atom is -0.482 e. The standard InChI is InChI=1S/C22H24ClN3OS/c1-5-11-26-21(17(4)27-20-10-9-15(2)12-16(20)3)24-25-22(26)28-14-18-7-6-8-19(23)13-18/h5-10,12-13,17H,1,11,14H2,2-4H3. The van der Waals surface area contributed by atoms with Crippen molar-refractivity contribution < 1.29 is 4.74 Å². The van der Waals surface area contributed by atoms with Crippen LogP contribution in [-0.4, -0.2) is 14.8 Å². The van der Waals surface area contributed by atoms with E-state index in [1.807, 2.05) is 37.3 Å². The first-order valence-corrected chi connectivity index (χ1v) is 10.5. The van der Waals surface area contributed by atoms with Crippen LogP contribution in [0.3, 0.4) is 0 Å². The van der Waals surface area contributed by atoms with Crippen molar-refractivity contribution in [2.75, 3.05) is 0 Å². The van der Waals surface area contributed by atoms with Crippen LogP contribution in [0.25, 0.3) is 0 Å². The highest BCUT2D eigenvalue weighted by molar-refractivity contribution is 7.98. The number of ether oxygens (including phenoxy) is 1. The molecule has 0 aliphatic carbocycles. The zero-order valence-electron chi connectivity index (χ0n) is 16.4. The predicted molar refractivity (Wildman–Crippen MR) is 116 cm³/mol. The molecule has 0 fully saturated rings. The lowest BCUT2D eigenvalue weighted by Crippen LogP contribution is -2.12. The van der Waals surface area contributed by atoms with Gasteiger partial charge in [-0.1, -0.05) is 59.3 Å². The van der Waals surface area contributed by atoms with Gasteiger partial charge in [0.1, 0.15) is 5.75 Å². The Morgan fingerprint density at radius 3 is 2.75 bits per heavy atom. The summed E-state index contributed by atoms with van der Waals surface area (Å²) in [5.74, 6) is 2.41. The van der Waals surface area contributed by atoms with Gasteiger partial charge in [0.2, 0.25) is 0 Å². The zero-order valence-corrected chi connectivity index (χ0v) is 17.9. The molecular formula is C22H24ClN3OS.